The minimum atomic E-state index is -0.876. The molecule has 0 saturated carbocycles. The van der Waals surface area contributed by atoms with Gasteiger partial charge in [0, 0.05) is 13.0 Å². The molecule has 20 heavy (non-hydrogen) atoms. The summed E-state index contributed by atoms with van der Waals surface area (Å²) in [4.78, 5) is 24.5. The molecule has 0 aliphatic carbocycles. The fourth-order valence-electron chi connectivity index (χ4n) is 2.28. The van der Waals surface area contributed by atoms with E-state index in [9.17, 15) is 9.59 Å². The fraction of sp³-hybridized carbons (Fsp3) is 0.429. The zero-order valence-corrected chi connectivity index (χ0v) is 11.3. The van der Waals surface area contributed by atoms with Gasteiger partial charge in [0.2, 0.25) is 0 Å². The zero-order chi connectivity index (χ0) is 14.7. The smallest absolute Gasteiger partial charge is 0.303 e. The number of carboxylic acids is 1. The Morgan fingerprint density at radius 1 is 1.50 bits per heavy atom. The van der Waals surface area contributed by atoms with E-state index in [1.807, 2.05) is 6.92 Å². The molecule has 3 N–H and O–H groups in total. The molecule has 0 radical (unpaired) electrons. The molecule has 0 saturated heterocycles. The zero-order valence-electron chi connectivity index (χ0n) is 11.3. The first-order chi connectivity index (χ1) is 9.54. The van der Waals surface area contributed by atoms with Crippen molar-refractivity contribution in [1.29, 1.82) is 0 Å². The molecule has 108 valence electrons. The van der Waals surface area contributed by atoms with Crippen LogP contribution < -0.4 is 15.4 Å². The normalized spacial score (nSPS) is 17.6. The summed E-state index contributed by atoms with van der Waals surface area (Å²) in [6.07, 6.45) is 0.422. The van der Waals surface area contributed by atoms with Crippen LogP contribution in [0.1, 0.15) is 26.2 Å². The van der Waals surface area contributed by atoms with Gasteiger partial charge in [-0.1, -0.05) is 13.0 Å². The summed E-state index contributed by atoms with van der Waals surface area (Å²) < 4.78 is 5.64. The molecular weight excluding hydrogens is 260 g/mol. The monoisotopic (exact) mass is 278 g/mol. The van der Waals surface area contributed by atoms with E-state index in [0.29, 0.717) is 36.5 Å². The SMILES string of the molecule is CCC1Oc2cccc(N)c2N(CCCC(=O)O)C1=O. The summed E-state index contributed by atoms with van der Waals surface area (Å²) in [5.74, 6) is -0.464. The molecule has 2 rings (SSSR count). The van der Waals surface area contributed by atoms with Crippen molar-refractivity contribution in [3.05, 3.63) is 18.2 Å². The van der Waals surface area contributed by atoms with Crippen molar-refractivity contribution in [2.45, 2.75) is 32.3 Å². The largest absolute Gasteiger partial charge is 0.481 e. The number of nitrogens with two attached hydrogens (primary N) is 1. The van der Waals surface area contributed by atoms with Gasteiger partial charge in [-0.3, -0.25) is 9.59 Å². The Labute approximate surface area is 117 Å². The van der Waals surface area contributed by atoms with Gasteiger partial charge >= 0.3 is 5.97 Å². The molecule has 0 fully saturated rings. The summed E-state index contributed by atoms with van der Waals surface area (Å²) in [5, 5.41) is 8.70. The van der Waals surface area contributed by atoms with Crippen molar-refractivity contribution in [1.82, 2.24) is 0 Å². The predicted octanol–water partition coefficient (Wildman–Crippen LogP) is 1.64. The standard InChI is InChI=1S/C14H18N2O4/c1-2-10-14(19)16(8-4-7-12(17)18)13-9(15)5-3-6-11(13)20-10/h3,5-6,10H,2,4,7-8,15H2,1H3,(H,17,18). The van der Waals surface area contributed by atoms with Gasteiger partial charge in [0.1, 0.15) is 11.4 Å². The number of para-hydroxylation sites is 1. The Balaban J connectivity index is 2.28. The third-order valence-electron chi connectivity index (χ3n) is 3.25. The lowest BCUT2D eigenvalue weighted by atomic mass is 10.1. The highest BCUT2D eigenvalue weighted by Gasteiger charge is 2.34. The summed E-state index contributed by atoms with van der Waals surface area (Å²) in [5.41, 5.74) is 6.93. The third-order valence-corrected chi connectivity index (χ3v) is 3.25. The van der Waals surface area contributed by atoms with Crippen LogP contribution in [0.5, 0.6) is 5.75 Å². The number of hydrogen-bond donors (Lipinski definition) is 2. The lowest BCUT2D eigenvalue weighted by Crippen LogP contribution is -2.46. The molecule has 1 aromatic rings. The Hall–Kier alpha value is -2.24. The van der Waals surface area contributed by atoms with Crippen molar-refractivity contribution < 1.29 is 19.4 Å². The number of amides is 1. The van der Waals surface area contributed by atoms with E-state index in [1.54, 1.807) is 23.1 Å². The third kappa shape index (κ3) is 2.68. The molecule has 1 aliphatic rings. The van der Waals surface area contributed by atoms with Crippen LogP contribution in [0.2, 0.25) is 0 Å². The molecule has 1 heterocycles. The highest BCUT2D eigenvalue weighted by atomic mass is 16.5. The maximum absolute atomic E-state index is 12.3. The number of carbonyl (C=O) groups excluding carboxylic acids is 1. The van der Waals surface area contributed by atoms with Crippen LogP contribution in [0.15, 0.2) is 18.2 Å². The first-order valence-corrected chi connectivity index (χ1v) is 6.63. The van der Waals surface area contributed by atoms with Gasteiger partial charge in [-0.15, -0.1) is 0 Å². The van der Waals surface area contributed by atoms with Gasteiger partial charge in [-0.2, -0.15) is 0 Å². The fourth-order valence-corrected chi connectivity index (χ4v) is 2.28. The number of anilines is 2. The number of rotatable bonds is 5. The van der Waals surface area contributed by atoms with Gasteiger partial charge in [-0.25, -0.2) is 0 Å². The van der Waals surface area contributed by atoms with Crippen LogP contribution in [-0.2, 0) is 9.59 Å². The number of aliphatic carboxylic acids is 1. The topological polar surface area (TPSA) is 92.9 Å². The summed E-state index contributed by atoms with van der Waals surface area (Å²) in [7, 11) is 0. The molecule has 0 bridgehead atoms. The second-order valence-corrected chi connectivity index (χ2v) is 4.70. The van der Waals surface area contributed by atoms with E-state index >= 15 is 0 Å². The van der Waals surface area contributed by atoms with Crippen LogP contribution in [-0.4, -0.2) is 29.6 Å². The average Bonchev–Trinajstić information content (AvgIpc) is 2.40. The Morgan fingerprint density at radius 3 is 2.90 bits per heavy atom. The Kier molecular flexibility index (Phi) is 4.12. The van der Waals surface area contributed by atoms with E-state index in [2.05, 4.69) is 0 Å². The minimum Gasteiger partial charge on any atom is -0.481 e. The predicted molar refractivity (Wildman–Crippen MR) is 74.8 cm³/mol. The molecule has 6 nitrogen and oxygen atoms in total. The van der Waals surface area contributed by atoms with Gasteiger partial charge in [0.25, 0.3) is 5.91 Å². The Bertz CT molecular complexity index is 530. The average molecular weight is 278 g/mol. The highest BCUT2D eigenvalue weighted by molar-refractivity contribution is 6.03. The maximum atomic E-state index is 12.3. The number of carboxylic acid groups (broad SMARTS) is 1. The molecule has 1 atom stereocenters. The second kappa shape index (κ2) is 5.81. The molecular formula is C14H18N2O4. The van der Waals surface area contributed by atoms with Crippen molar-refractivity contribution in [2.24, 2.45) is 0 Å². The number of fused-ring (bicyclic) bond motifs is 1. The molecule has 1 aromatic carbocycles. The molecule has 0 aromatic heterocycles. The van der Waals surface area contributed by atoms with Crippen LogP contribution >= 0.6 is 0 Å². The first-order valence-electron chi connectivity index (χ1n) is 6.63. The molecule has 0 spiro atoms. The highest BCUT2D eigenvalue weighted by Crippen LogP contribution is 2.39. The number of nitrogen functional groups attached to an aromatic ring is 1. The summed E-state index contributed by atoms with van der Waals surface area (Å²) >= 11 is 0. The second-order valence-electron chi connectivity index (χ2n) is 4.70. The lowest BCUT2D eigenvalue weighted by molar-refractivity contribution is -0.137. The van der Waals surface area contributed by atoms with Crippen LogP contribution in [0.25, 0.3) is 0 Å². The van der Waals surface area contributed by atoms with Crippen molar-refractivity contribution in [3.63, 3.8) is 0 Å². The van der Waals surface area contributed by atoms with Crippen LogP contribution in [0.4, 0.5) is 11.4 Å². The molecule has 1 unspecified atom stereocenters. The van der Waals surface area contributed by atoms with Gasteiger partial charge in [-0.05, 0) is 25.0 Å². The van der Waals surface area contributed by atoms with Gasteiger partial charge in [0.15, 0.2) is 6.10 Å². The first kappa shape index (κ1) is 14.2. The van der Waals surface area contributed by atoms with E-state index in [1.165, 1.54) is 0 Å². The summed E-state index contributed by atoms with van der Waals surface area (Å²) in [6.45, 7) is 2.20. The van der Waals surface area contributed by atoms with E-state index in [0.717, 1.165) is 0 Å². The van der Waals surface area contributed by atoms with Gasteiger partial charge in [0.05, 0.1) is 5.69 Å². The number of hydrogen-bond acceptors (Lipinski definition) is 4. The van der Waals surface area contributed by atoms with Crippen molar-refractivity contribution in [2.75, 3.05) is 17.2 Å². The Morgan fingerprint density at radius 2 is 2.25 bits per heavy atom. The lowest BCUT2D eigenvalue weighted by Gasteiger charge is -2.34. The number of carbonyl (C=O) groups is 2. The molecule has 1 amide bonds. The van der Waals surface area contributed by atoms with Crippen molar-refractivity contribution in [3.8, 4) is 5.75 Å². The van der Waals surface area contributed by atoms with E-state index < -0.39 is 12.1 Å². The van der Waals surface area contributed by atoms with Crippen molar-refractivity contribution >= 4 is 23.3 Å². The molecule has 6 heteroatoms. The number of nitrogens with zero attached hydrogens (tertiary/aromatic N) is 1. The minimum absolute atomic E-state index is 0.0174. The van der Waals surface area contributed by atoms with E-state index in [-0.39, 0.29) is 12.3 Å². The molecule has 1 aliphatic heterocycles. The van der Waals surface area contributed by atoms with Gasteiger partial charge < -0.3 is 20.5 Å². The quantitative estimate of drug-likeness (QED) is 0.799. The maximum Gasteiger partial charge on any atom is 0.303 e. The summed E-state index contributed by atoms with van der Waals surface area (Å²) in [6, 6.07) is 5.24. The van der Waals surface area contributed by atoms with Crippen LogP contribution in [0.3, 0.4) is 0 Å². The van der Waals surface area contributed by atoms with E-state index in [4.69, 9.17) is 15.6 Å². The van der Waals surface area contributed by atoms with Crippen LogP contribution in [0, 0.1) is 0 Å². The number of benzene rings is 1. The number of ether oxygens (including phenoxy) is 1.